The van der Waals surface area contributed by atoms with E-state index in [-0.39, 0.29) is 10.7 Å². The lowest BCUT2D eigenvalue weighted by molar-refractivity contribution is 0.0698. The first-order chi connectivity index (χ1) is 9.58. The standard InChI is InChI=1S/C14H8Cl2N2O2/c15-9-5-3-8(4-6-9)13-17-12(16)11-10(14(19)20)2-1-7-18(11)13/h1-7H,(H,19,20). The zero-order valence-electron chi connectivity index (χ0n) is 10.0. The van der Waals surface area contributed by atoms with Gasteiger partial charge in [0.15, 0.2) is 5.15 Å². The number of nitrogens with zero attached hydrogens (tertiary/aromatic N) is 2. The Bertz CT molecular complexity index is 810. The van der Waals surface area contributed by atoms with Crippen molar-refractivity contribution in [3.63, 3.8) is 0 Å². The first-order valence-corrected chi connectivity index (χ1v) is 6.49. The van der Waals surface area contributed by atoms with Crippen molar-refractivity contribution in [2.24, 2.45) is 0 Å². The third-order valence-electron chi connectivity index (χ3n) is 2.95. The second kappa shape index (κ2) is 4.81. The molecule has 2 aromatic heterocycles. The summed E-state index contributed by atoms with van der Waals surface area (Å²) in [5.74, 6) is -0.468. The summed E-state index contributed by atoms with van der Waals surface area (Å²) in [5.41, 5.74) is 1.30. The predicted molar refractivity (Wildman–Crippen MR) is 77.6 cm³/mol. The molecule has 4 nitrogen and oxygen atoms in total. The van der Waals surface area contributed by atoms with Gasteiger partial charge in [0.2, 0.25) is 0 Å². The molecule has 0 saturated carbocycles. The molecule has 0 aliphatic heterocycles. The van der Waals surface area contributed by atoms with Crippen LogP contribution in [0.15, 0.2) is 42.6 Å². The number of imidazole rings is 1. The first-order valence-electron chi connectivity index (χ1n) is 5.74. The Hall–Kier alpha value is -2.04. The van der Waals surface area contributed by atoms with Crippen LogP contribution in [0.2, 0.25) is 10.2 Å². The number of fused-ring (bicyclic) bond motifs is 1. The molecule has 20 heavy (non-hydrogen) atoms. The number of carboxylic acids is 1. The number of aromatic carboxylic acids is 1. The molecule has 0 spiro atoms. The number of aromatic nitrogens is 2. The number of hydrogen-bond acceptors (Lipinski definition) is 2. The van der Waals surface area contributed by atoms with E-state index in [1.165, 1.54) is 6.07 Å². The number of carbonyl (C=O) groups is 1. The highest BCUT2D eigenvalue weighted by Gasteiger charge is 2.17. The molecule has 0 atom stereocenters. The van der Waals surface area contributed by atoms with Crippen molar-refractivity contribution >= 4 is 34.7 Å². The van der Waals surface area contributed by atoms with Crippen LogP contribution in [0.25, 0.3) is 16.9 Å². The van der Waals surface area contributed by atoms with Crippen LogP contribution < -0.4 is 0 Å². The van der Waals surface area contributed by atoms with E-state index in [0.717, 1.165) is 5.56 Å². The third kappa shape index (κ3) is 2.03. The monoisotopic (exact) mass is 306 g/mol. The zero-order chi connectivity index (χ0) is 14.3. The molecule has 0 saturated heterocycles. The molecule has 3 aromatic rings. The summed E-state index contributed by atoms with van der Waals surface area (Å²) < 4.78 is 1.66. The number of rotatable bonds is 2. The fourth-order valence-corrected chi connectivity index (χ4v) is 2.47. The molecular weight excluding hydrogens is 299 g/mol. The Balaban J connectivity index is 2.31. The quantitative estimate of drug-likeness (QED) is 0.778. The van der Waals surface area contributed by atoms with Crippen LogP contribution in [-0.4, -0.2) is 20.5 Å². The Morgan fingerprint density at radius 3 is 2.50 bits per heavy atom. The predicted octanol–water partition coefficient (Wildman–Crippen LogP) is 4.01. The van der Waals surface area contributed by atoms with E-state index in [1.807, 2.05) is 0 Å². The summed E-state index contributed by atoms with van der Waals surface area (Å²) >= 11 is 11.9. The topological polar surface area (TPSA) is 54.6 Å². The molecule has 0 amide bonds. The van der Waals surface area contributed by atoms with Crippen molar-refractivity contribution in [3.8, 4) is 11.4 Å². The maximum absolute atomic E-state index is 11.2. The van der Waals surface area contributed by atoms with Crippen LogP contribution in [0, 0.1) is 0 Å². The maximum atomic E-state index is 11.2. The van der Waals surface area contributed by atoms with Crippen LogP contribution in [0.1, 0.15) is 10.4 Å². The number of pyridine rings is 1. The second-order valence-corrected chi connectivity index (χ2v) is 4.97. The van der Waals surface area contributed by atoms with Gasteiger partial charge >= 0.3 is 5.97 Å². The molecular formula is C14H8Cl2N2O2. The van der Waals surface area contributed by atoms with Gasteiger partial charge in [0.05, 0.1) is 11.1 Å². The highest BCUT2D eigenvalue weighted by atomic mass is 35.5. The summed E-state index contributed by atoms with van der Waals surface area (Å²) in [7, 11) is 0. The minimum absolute atomic E-state index is 0.116. The van der Waals surface area contributed by atoms with E-state index in [9.17, 15) is 9.90 Å². The van der Waals surface area contributed by atoms with Gasteiger partial charge in [0.25, 0.3) is 0 Å². The van der Waals surface area contributed by atoms with Gasteiger partial charge in [-0.05, 0) is 36.4 Å². The lowest BCUT2D eigenvalue weighted by atomic mass is 10.2. The van der Waals surface area contributed by atoms with Gasteiger partial charge < -0.3 is 5.11 Å². The summed E-state index contributed by atoms with van der Waals surface area (Å²) in [6.07, 6.45) is 1.73. The fourth-order valence-electron chi connectivity index (χ4n) is 2.07. The van der Waals surface area contributed by atoms with E-state index in [2.05, 4.69) is 4.98 Å². The highest BCUT2D eigenvalue weighted by molar-refractivity contribution is 6.34. The molecule has 0 fully saturated rings. The van der Waals surface area contributed by atoms with Crippen molar-refractivity contribution in [2.75, 3.05) is 0 Å². The SMILES string of the molecule is O=C(O)c1cccn2c(-c3ccc(Cl)cc3)nc(Cl)c12. The minimum atomic E-state index is -1.04. The molecule has 0 radical (unpaired) electrons. The van der Waals surface area contributed by atoms with Gasteiger partial charge in [-0.15, -0.1) is 0 Å². The van der Waals surface area contributed by atoms with Crippen LogP contribution in [0.4, 0.5) is 0 Å². The zero-order valence-corrected chi connectivity index (χ0v) is 11.6. The van der Waals surface area contributed by atoms with Crippen molar-refractivity contribution in [1.29, 1.82) is 0 Å². The lowest BCUT2D eigenvalue weighted by Crippen LogP contribution is -2.00. The van der Waals surface area contributed by atoms with E-state index in [1.54, 1.807) is 40.9 Å². The van der Waals surface area contributed by atoms with E-state index in [4.69, 9.17) is 23.2 Å². The normalized spacial score (nSPS) is 10.9. The van der Waals surface area contributed by atoms with Crippen LogP contribution in [-0.2, 0) is 0 Å². The van der Waals surface area contributed by atoms with Gasteiger partial charge in [-0.1, -0.05) is 23.2 Å². The van der Waals surface area contributed by atoms with Crippen molar-refractivity contribution in [3.05, 3.63) is 58.3 Å². The molecule has 1 aromatic carbocycles. The largest absolute Gasteiger partial charge is 0.478 e. The molecule has 1 N–H and O–H groups in total. The molecule has 0 unspecified atom stereocenters. The van der Waals surface area contributed by atoms with Gasteiger partial charge in [0.1, 0.15) is 5.82 Å². The van der Waals surface area contributed by atoms with Gasteiger partial charge in [0, 0.05) is 16.8 Å². The Kier molecular flexibility index (Phi) is 3.12. The summed E-state index contributed by atoms with van der Waals surface area (Å²) in [6.45, 7) is 0. The van der Waals surface area contributed by atoms with Gasteiger partial charge in [-0.2, -0.15) is 0 Å². The minimum Gasteiger partial charge on any atom is -0.478 e. The van der Waals surface area contributed by atoms with Gasteiger partial charge in [-0.3, -0.25) is 4.40 Å². The number of carboxylic acid groups (broad SMARTS) is 1. The highest BCUT2D eigenvalue weighted by Crippen LogP contribution is 2.28. The van der Waals surface area contributed by atoms with Crippen LogP contribution >= 0.6 is 23.2 Å². The van der Waals surface area contributed by atoms with Crippen LogP contribution in [0.5, 0.6) is 0 Å². The number of benzene rings is 1. The second-order valence-electron chi connectivity index (χ2n) is 4.18. The Morgan fingerprint density at radius 2 is 1.85 bits per heavy atom. The Labute approximate surface area is 124 Å². The molecule has 0 aliphatic rings. The van der Waals surface area contributed by atoms with E-state index in [0.29, 0.717) is 16.4 Å². The van der Waals surface area contributed by atoms with E-state index >= 15 is 0 Å². The molecule has 3 rings (SSSR count). The third-order valence-corrected chi connectivity index (χ3v) is 3.47. The van der Waals surface area contributed by atoms with Crippen LogP contribution in [0.3, 0.4) is 0 Å². The molecule has 0 aliphatic carbocycles. The summed E-state index contributed by atoms with van der Waals surface area (Å²) in [6, 6.07) is 10.2. The first kappa shape index (κ1) is 13.0. The average molecular weight is 307 g/mol. The Morgan fingerprint density at radius 1 is 1.15 bits per heavy atom. The van der Waals surface area contributed by atoms with Crippen molar-refractivity contribution < 1.29 is 9.90 Å². The number of hydrogen-bond donors (Lipinski definition) is 1. The molecule has 0 bridgehead atoms. The van der Waals surface area contributed by atoms with Gasteiger partial charge in [-0.25, -0.2) is 9.78 Å². The number of halogens is 2. The summed E-state index contributed by atoms with van der Waals surface area (Å²) in [4.78, 5) is 15.5. The smallest absolute Gasteiger partial charge is 0.337 e. The molecule has 2 heterocycles. The summed E-state index contributed by atoms with van der Waals surface area (Å²) in [5, 5.41) is 9.98. The van der Waals surface area contributed by atoms with E-state index < -0.39 is 5.97 Å². The molecule has 6 heteroatoms. The molecule has 100 valence electrons. The average Bonchev–Trinajstić information content (AvgIpc) is 2.77. The van der Waals surface area contributed by atoms with Crippen molar-refractivity contribution in [1.82, 2.24) is 9.38 Å². The fraction of sp³-hybridized carbons (Fsp3) is 0. The lowest BCUT2D eigenvalue weighted by Gasteiger charge is -2.03. The van der Waals surface area contributed by atoms with Crippen molar-refractivity contribution in [2.45, 2.75) is 0 Å². The maximum Gasteiger partial charge on any atom is 0.337 e.